The van der Waals surface area contributed by atoms with Crippen LogP contribution in [0.15, 0.2) is 23.3 Å². The third-order valence-corrected chi connectivity index (χ3v) is 11.9. The summed E-state index contributed by atoms with van der Waals surface area (Å²) < 4.78 is 4.85. The van der Waals surface area contributed by atoms with E-state index < -0.39 is 0 Å². The molecule has 3 saturated carbocycles. The number of rotatable bonds is 5. The van der Waals surface area contributed by atoms with Gasteiger partial charge in [-0.2, -0.15) is 0 Å². The Morgan fingerprint density at radius 1 is 1.15 bits per heavy atom. The van der Waals surface area contributed by atoms with Gasteiger partial charge in [0.05, 0.1) is 7.11 Å². The number of ether oxygens (including phenoxy) is 1. The van der Waals surface area contributed by atoms with Crippen molar-refractivity contribution in [3.63, 3.8) is 0 Å². The second-order valence-corrected chi connectivity index (χ2v) is 13.5. The van der Waals surface area contributed by atoms with Crippen molar-refractivity contribution in [3.05, 3.63) is 23.3 Å². The predicted octanol–water partition coefficient (Wildman–Crippen LogP) is 7.70. The van der Waals surface area contributed by atoms with Gasteiger partial charge in [0.15, 0.2) is 0 Å². The predicted molar refractivity (Wildman–Crippen MR) is 138 cm³/mol. The van der Waals surface area contributed by atoms with Crippen molar-refractivity contribution in [2.75, 3.05) is 7.11 Å². The molecule has 0 aliphatic heterocycles. The molecular formula is C31H48O3. The molecule has 0 aromatic heterocycles. The molecule has 0 heterocycles. The fraction of sp³-hybridized carbons (Fsp3) is 0.806. The lowest BCUT2D eigenvalue weighted by Gasteiger charge is -2.63. The normalized spacial score (nSPS) is 42.2. The highest BCUT2D eigenvalue weighted by Crippen LogP contribution is 2.73. The van der Waals surface area contributed by atoms with Crippen LogP contribution < -0.4 is 0 Å². The van der Waals surface area contributed by atoms with Gasteiger partial charge >= 0.3 is 5.97 Å². The summed E-state index contributed by atoms with van der Waals surface area (Å²) >= 11 is 0. The van der Waals surface area contributed by atoms with E-state index in [1.165, 1.54) is 32.8 Å². The van der Waals surface area contributed by atoms with Crippen LogP contribution in [0.3, 0.4) is 0 Å². The Kier molecular flexibility index (Phi) is 6.52. The first-order valence-electron chi connectivity index (χ1n) is 13.8. The molecule has 0 radical (unpaired) electrons. The largest absolute Gasteiger partial charge is 0.466 e. The highest BCUT2D eigenvalue weighted by molar-refractivity contribution is 5.87. The smallest absolute Gasteiger partial charge is 0.333 e. The van der Waals surface area contributed by atoms with Crippen molar-refractivity contribution >= 4 is 11.8 Å². The van der Waals surface area contributed by atoms with Crippen molar-refractivity contribution in [1.29, 1.82) is 0 Å². The Bertz CT molecular complexity index is 910. The Morgan fingerprint density at radius 3 is 2.53 bits per heavy atom. The molecule has 4 rings (SSSR count). The average Bonchev–Trinajstić information content (AvgIpc) is 3.07. The maximum absolute atomic E-state index is 12.8. The van der Waals surface area contributed by atoms with Gasteiger partial charge < -0.3 is 4.74 Å². The van der Waals surface area contributed by atoms with Crippen LogP contribution in [0.1, 0.15) is 106 Å². The summed E-state index contributed by atoms with van der Waals surface area (Å²) in [5, 5.41) is 0. The van der Waals surface area contributed by atoms with E-state index in [2.05, 4.69) is 53.7 Å². The maximum atomic E-state index is 12.8. The van der Waals surface area contributed by atoms with Crippen molar-refractivity contribution in [2.45, 2.75) is 106 Å². The van der Waals surface area contributed by atoms with Gasteiger partial charge in [0, 0.05) is 17.4 Å². The summed E-state index contributed by atoms with van der Waals surface area (Å²) in [5.74, 6) is 2.74. The van der Waals surface area contributed by atoms with E-state index in [-0.39, 0.29) is 22.2 Å². The van der Waals surface area contributed by atoms with Gasteiger partial charge in [0.25, 0.3) is 0 Å². The standard InChI is InChI=1S/C31H48O3/c1-20(10-9-11-21(2)27(33)34-8)22-14-18-31(7)24-12-13-25-28(3,4)26(32)16-17-29(25,5)23(24)15-19-30(22,31)6/h11-12,20,22-23,25H,9-10,13-19H2,1-8H3/b21-11+/t20-,22-,23+,25?,29+,30-,31+/m0/s1. The minimum absolute atomic E-state index is 0.195. The molecule has 0 saturated heterocycles. The number of carbonyl (C=O) groups excluding carboxylic acids is 2. The van der Waals surface area contributed by atoms with Gasteiger partial charge in [0.2, 0.25) is 0 Å². The fourth-order valence-electron chi connectivity index (χ4n) is 9.47. The SMILES string of the molecule is COC(=O)/C(C)=C/CC[C@H](C)[C@@H]1CC[C@]2(C)C3=CCC4C(C)(C)C(=O)CC[C@]4(C)[C@@H]3CC[C@@]12C. The summed E-state index contributed by atoms with van der Waals surface area (Å²) in [4.78, 5) is 24.5. The molecule has 4 aliphatic carbocycles. The number of fused-ring (bicyclic) bond motifs is 5. The lowest BCUT2D eigenvalue weighted by atomic mass is 9.41. The number of carbonyl (C=O) groups is 2. The van der Waals surface area contributed by atoms with E-state index >= 15 is 0 Å². The monoisotopic (exact) mass is 468 g/mol. The molecule has 3 fully saturated rings. The zero-order valence-electron chi connectivity index (χ0n) is 23.1. The summed E-state index contributed by atoms with van der Waals surface area (Å²) in [7, 11) is 1.45. The van der Waals surface area contributed by atoms with E-state index in [4.69, 9.17) is 4.74 Å². The highest BCUT2D eigenvalue weighted by atomic mass is 16.5. The molecule has 34 heavy (non-hydrogen) atoms. The van der Waals surface area contributed by atoms with Crippen molar-refractivity contribution < 1.29 is 14.3 Å². The second kappa shape index (κ2) is 8.63. The van der Waals surface area contributed by atoms with Gasteiger partial charge in [-0.05, 0) is 98.2 Å². The van der Waals surface area contributed by atoms with Crippen LogP contribution in [0.5, 0.6) is 0 Å². The maximum Gasteiger partial charge on any atom is 0.333 e. The van der Waals surface area contributed by atoms with E-state index in [1.807, 2.05) is 6.92 Å². The summed E-state index contributed by atoms with van der Waals surface area (Å²) in [5.41, 5.74) is 3.14. The van der Waals surface area contributed by atoms with Crippen LogP contribution in [0.2, 0.25) is 0 Å². The molecule has 0 aromatic rings. The third-order valence-electron chi connectivity index (χ3n) is 11.9. The lowest BCUT2D eigenvalue weighted by Crippen LogP contribution is -2.57. The molecule has 4 aliphatic rings. The van der Waals surface area contributed by atoms with Gasteiger partial charge in [-0.25, -0.2) is 4.79 Å². The Labute approximate surface area is 208 Å². The zero-order chi connectivity index (χ0) is 25.1. The molecule has 3 nitrogen and oxygen atoms in total. The zero-order valence-corrected chi connectivity index (χ0v) is 23.1. The van der Waals surface area contributed by atoms with Crippen molar-refractivity contribution in [1.82, 2.24) is 0 Å². The fourth-order valence-corrected chi connectivity index (χ4v) is 9.47. The number of Topliss-reactive ketones (excluding diaryl/α,β-unsaturated/α-hetero) is 1. The first kappa shape index (κ1) is 25.7. The van der Waals surface area contributed by atoms with Gasteiger partial charge in [-0.15, -0.1) is 0 Å². The Balaban J connectivity index is 1.56. The van der Waals surface area contributed by atoms with Gasteiger partial charge in [0.1, 0.15) is 5.78 Å². The highest BCUT2D eigenvalue weighted by Gasteiger charge is 2.65. The minimum atomic E-state index is -0.213. The number of hydrogen-bond acceptors (Lipinski definition) is 3. The molecule has 3 heteroatoms. The summed E-state index contributed by atoms with van der Waals surface area (Å²) in [6, 6.07) is 0. The number of hydrogen-bond donors (Lipinski definition) is 0. The molecule has 0 N–H and O–H groups in total. The summed E-state index contributed by atoms with van der Waals surface area (Å²) in [6.07, 6.45) is 14.8. The number of ketones is 1. The Hall–Kier alpha value is -1.38. The van der Waals surface area contributed by atoms with Crippen LogP contribution in [-0.4, -0.2) is 18.9 Å². The van der Waals surface area contributed by atoms with Crippen LogP contribution in [-0.2, 0) is 14.3 Å². The topological polar surface area (TPSA) is 43.4 Å². The molecule has 0 aromatic carbocycles. The molecule has 0 bridgehead atoms. The van der Waals surface area contributed by atoms with Crippen LogP contribution >= 0.6 is 0 Å². The molecule has 0 amide bonds. The Morgan fingerprint density at radius 2 is 1.85 bits per heavy atom. The van der Waals surface area contributed by atoms with Crippen LogP contribution in [0.25, 0.3) is 0 Å². The molecule has 0 spiro atoms. The van der Waals surface area contributed by atoms with Crippen LogP contribution in [0, 0.1) is 45.3 Å². The average molecular weight is 469 g/mol. The second-order valence-electron chi connectivity index (χ2n) is 13.5. The lowest BCUT2D eigenvalue weighted by molar-refractivity contribution is -0.146. The molecule has 1 unspecified atom stereocenters. The number of esters is 1. The third kappa shape index (κ3) is 3.58. The van der Waals surface area contributed by atoms with Crippen molar-refractivity contribution in [3.8, 4) is 0 Å². The van der Waals surface area contributed by atoms with Gasteiger partial charge in [-0.3, -0.25) is 4.79 Å². The number of allylic oxidation sites excluding steroid dienone is 3. The van der Waals surface area contributed by atoms with E-state index in [1.54, 1.807) is 5.57 Å². The van der Waals surface area contributed by atoms with Gasteiger partial charge in [-0.1, -0.05) is 59.3 Å². The molecular weight excluding hydrogens is 420 g/mol. The van der Waals surface area contributed by atoms with Crippen LogP contribution in [0.4, 0.5) is 0 Å². The van der Waals surface area contributed by atoms with E-state index in [0.29, 0.717) is 29.0 Å². The van der Waals surface area contributed by atoms with E-state index in [0.717, 1.165) is 43.6 Å². The quantitative estimate of drug-likeness (QED) is 0.236. The molecule has 7 atom stereocenters. The summed E-state index contributed by atoms with van der Waals surface area (Å²) in [6.45, 7) is 16.4. The number of methoxy groups -OCH3 is 1. The first-order chi connectivity index (χ1) is 15.8. The first-order valence-corrected chi connectivity index (χ1v) is 13.8. The van der Waals surface area contributed by atoms with E-state index in [9.17, 15) is 9.59 Å². The van der Waals surface area contributed by atoms with Crippen molar-refractivity contribution in [2.24, 2.45) is 45.3 Å². The minimum Gasteiger partial charge on any atom is -0.466 e. The molecule has 190 valence electrons.